The molecule has 6 heteroatoms. The number of hydrogen-bond acceptors (Lipinski definition) is 6. The minimum absolute atomic E-state index is 0.166. The number of ether oxygens (including phenoxy) is 3. The van der Waals surface area contributed by atoms with Crippen LogP contribution in [0.2, 0.25) is 0 Å². The Morgan fingerprint density at radius 2 is 1.97 bits per heavy atom. The minimum atomic E-state index is -1.20. The summed E-state index contributed by atoms with van der Waals surface area (Å²) in [7, 11) is 0. The van der Waals surface area contributed by atoms with Gasteiger partial charge in [0.1, 0.15) is 11.7 Å². The molecule has 0 amide bonds. The van der Waals surface area contributed by atoms with Gasteiger partial charge in [-0.3, -0.25) is 9.59 Å². The van der Waals surface area contributed by atoms with Crippen LogP contribution in [0.15, 0.2) is 35.1 Å². The Balaban J connectivity index is 1.74. The van der Waals surface area contributed by atoms with Gasteiger partial charge >= 0.3 is 5.97 Å². The number of esters is 1. The van der Waals surface area contributed by atoms with Gasteiger partial charge in [0.05, 0.1) is 11.8 Å². The van der Waals surface area contributed by atoms with Crippen molar-refractivity contribution >= 4 is 17.5 Å². The number of unbranched alkanes of at least 4 members (excludes halogenated alkanes) is 2. The van der Waals surface area contributed by atoms with Gasteiger partial charge in [-0.15, -0.1) is 0 Å². The fourth-order valence-electron chi connectivity index (χ4n) is 3.65. The maximum Gasteiger partial charge on any atom is 0.333 e. The third-order valence-corrected chi connectivity index (χ3v) is 5.35. The molecule has 29 heavy (non-hydrogen) atoms. The maximum absolute atomic E-state index is 13.2. The van der Waals surface area contributed by atoms with Crippen molar-refractivity contribution in [3.05, 3.63) is 35.1 Å². The molecule has 0 aromatic rings. The number of epoxide rings is 1. The number of Topliss-reactive ketones (excluding diaryl/α,β-unsaturated/α-hetero) is 2. The number of hydrogen-bond donors (Lipinski definition) is 0. The summed E-state index contributed by atoms with van der Waals surface area (Å²) < 4.78 is 16.6. The van der Waals surface area contributed by atoms with E-state index in [1.165, 1.54) is 6.26 Å². The molecule has 1 saturated heterocycles. The Morgan fingerprint density at radius 1 is 1.24 bits per heavy atom. The SMILES string of the molecule is CCCCC[C@@H]1C=C2C(=O)[C@@]3(C/C=C(\C)C(=O)OC(C)(C)C)O[C@H]3C(=O)C2=CO1. The Morgan fingerprint density at radius 3 is 2.62 bits per heavy atom. The number of fused-ring (bicyclic) bond motifs is 2. The quantitative estimate of drug-likeness (QED) is 0.279. The van der Waals surface area contributed by atoms with Gasteiger partial charge in [-0.05, 0) is 46.6 Å². The highest BCUT2D eigenvalue weighted by Gasteiger charge is 2.69. The first-order chi connectivity index (χ1) is 13.6. The molecule has 0 spiro atoms. The molecule has 3 atom stereocenters. The third-order valence-electron chi connectivity index (χ3n) is 5.35. The van der Waals surface area contributed by atoms with Crippen molar-refractivity contribution in [2.24, 2.45) is 0 Å². The van der Waals surface area contributed by atoms with Crippen LogP contribution in [0.5, 0.6) is 0 Å². The lowest BCUT2D eigenvalue weighted by Crippen LogP contribution is -2.40. The van der Waals surface area contributed by atoms with Crippen molar-refractivity contribution in [2.75, 3.05) is 0 Å². The molecule has 0 aromatic heterocycles. The number of rotatable bonds is 7. The molecule has 1 aliphatic carbocycles. The van der Waals surface area contributed by atoms with Gasteiger partial charge in [-0.25, -0.2) is 4.79 Å². The summed E-state index contributed by atoms with van der Waals surface area (Å²) in [6.45, 7) is 9.15. The van der Waals surface area contributed by atoms with Gasteiger partial charge < -0.3 is 14.2 Å². The first-order valence-corrected chi connectivity index (χ1v) is 10.3. The van der Waals surface area contributed by atoms with E-state index in [1.807, 2.05) is 0 Å². The van der Waals surface area contributed by atoms with E-state index in [0.717, 1.165) is 25.7 Å². The predicted octanol–water partition coefficient (Wildman–Crippen LogP) is 3.74. The van der Waals surface area contributed by atoms with Crippen LogP contribution in [-0.2, 0) is 28.6 Å². The van der Waals surface area contributed by atoms with E-state index in [4.69, 9.17) is 14.2 Å². The second-order valence-electron chi connectivity index (χ2n) is 8.96. The maximum atomic E-state index is 13.2. The van der Waals surface area contributed by atoms with E-state index in [9.17, 15) is 14.4 Å². The van der Waals surface area contributed by atoms with Gasteiger partial charge in [-0.2, -0.15) is 0 Å². The Kier molecular flexibility index (Phi) is 5.86. The molecule has 3 rings (SSSR count). The molecule has 2 fully saturated rings. The molecule has 3 aliphatic rings. The summed E-state index contributed by atoms with van der Waals surface area (Å²) in [5.41, 5.74) is -0.718. The second kappa shape index (κ2) is 7.90. The van der Waals surface area contributed by atoms with E-state index in [1.54, 1.807) is 39.8 Å². The van der Waals surface area contributed by atoms with Crippen molar-refractivity contribution in [3.8, 4) is 0 Å². The summed E-state index contributed by atoms with van der Waals surface area (Å²) >= 11 is 0. The highest BCUT2D eigenvalue weighted by Crippen LogP contribution is 2.50. The molecule has 0 radical (unpaired) electrons. The smallest absolute Gasteiger partial charge is 0.333 e. The summed E-state index contributed by atoms with van der Waals surface area (Å²) in [4.78, 5) is 38.0. The molecule has 0 bridgehead atoms. The van der Waals surface area contributed by atoms with E-state index in [2.05, 4.69) is 6.92 Å². The van der Waals surface area contributed by atoms with Crippen molar-refractivity contribution in [2.45, 2.75) is 90.1 Å². The monoisotopic (exact) mass is 402 g/mol. The summed E-state index contributed by atoms with van der Waals surface area (Å²) in [5, 5.41) is 0. The lowest BCUT2D eigenvalue weighted by Gasteiger charge is -2.26. The minimum Gasteiger partial charge on any atom is -0.493 e. The van der Waals surface area contributed by atoms with E-state index < -0.39 is 23.3 Å². The molecule has 6 nitrogen and oxygen atoms in total. The van der Waals surface area contributed by atoms with E-state index >= 15 is 0 Å². The topological polar surface area (TPSA) is 82.2 Å². The van der Waals surface area contributed by atoms with Gasteiger partial charge in [0.25, 0.3) is 0 Å². The van der Waals surface area contributed by atoms with Crippen LogP contribution in [0.25, 0.3) is 0 Å². The standard InChI is InChI=1S/C23H30O6/c1-6-7-8-9-15-12-16-17(13-27-15)18(24)20-23(28-20,19(16)25)11-10-14(2)21(26)29-22(3,4)5/h10,12-13,15,20H,6-9,11H2,1-5H3/b14-10+/t15-,20+,23-/m1/s1. The van der Waals surface area contributed by atoms with Crippen LogP contribution in [0.1, 0.15) is 66.7 Å². The fourth-order valence-corrected chi connectivity index (χ4v) is 3.65. The van der Waals surface area contributed by atoms with E-state index in [0.29, 0.717) is 16.7 Å². The van der Waals surface area contributed by atoms with Gasteiger partial charge in [0.15, 0.2) is 23.3 Å². The second-order valence-corrected chi connectivity index (χ2v) is 8.96. The Bertz CT molecular complexity index is 810. The zero-order chi connectivity index (χ0) is 21.4. The van der Waals surface area contributed by atoms with Gasteiger partial charge in [0, 0.05) is 17.6 Å². The van der Waals surface area contributed by atoms with Gasteiger partial charge in [-0.1, -0.05) is 25.8 Å². The van der Waals surface area contributed by atoms with Crippen molar-refractivity contribution < 1.29 is 28.6 Å². The normalized spacial score (nSPS) is 28.7. The van der Waals surface area contributed by atoms with E-state index in [-0.39, 0.29) is 24.1 Å². The van der Waals surface area contributed by atoms with Crippen LogP contribution in [-0.4, -0.2) is 40.9 Å². The van der Waals surface area contributed by atoms with Crippen molar-refractivity contribution in [1.82, 2.24) is 0 Å². The van der Waals surface area contributed by atoms with Gasteiger partial charge in [0.2, 0.25) is 0 Å². The molecule has 0 aromatic carbocycles. The van der Waals surface area contributed by atoms with Crippen LogP contribution >= 0.6 is 0 Å². The fraction of sp³-hybridized carbons (Fsp3) is 0.609. The highest BCUT2D eigenvalue weighted by atomic mass is 16.6. The average Bonchev–Trinajstić information content (AvgIpc) is 3.39. The Hall–Kier alpha value is -2.21. The lowest BCUT2D eigenvalue weighted by atomic mass is 9.77. The average molecular weight is 402 g/mol. The zero-order valence-electron chi connectivity index (χ0n) is 17.9. The molecule has 0 unspecified atom stereocenters. The molecule has 0 N–H and O–H groups in total. The molecule has 2 heterocycles. The van der Waals surface area contributed by atoms with Crippen molar-refractivity contribution in [3.63, 3.8) is 0 Å². The summed E-state index contributed by atoms with van der Waals surface area (Å²) in [5.74, 6) is -0.876. The third kappa shape index (κ3) is 4.37. The molecule has 1 saturated carbocycles. The number of carbonyl (C=O) groups excluding carboxylic acids is 3. The first kappa shape index (κ1) is 21.5. The molecular formula is C23H30O6. The first-order valence-electron chi connectivity index (χ1n) is 10.3. The Labute approximate surface area is 172 Å². The zero-order valence-corrected chi connectivity index (χ0v) is 17.9. The van der Waals surface area contributed by atoms with Crippen LogP contribution in [0.4, 0.5) is 0 Å². The largest absolute Gasteiger partial charge is 0.493 e. The van der Waals surface area contributed by atoms with Crippen LogP contribution < -0.4 is 0 Å². The highest BCUT2D eigenvalue weighted by molar-refractivity contribution is 6.25. The summed E-state index contributed by atoms with van der Waals surface area (Å²) in [6.07, 6.45) is 7.96. The lowest BCUT2D eigenvalue weighted by molar-refractivity contribution is -0.149. The molecule has 158 valence electrons. The molecular weight excluding hydrogens is 372 g/mol. The van der Waals surface area contributed by atoms with Crippen LogP contribution in [0, 0.1) is 0 Å². The number of carbonyl (C=O) groups is 3. The summed E-state index contributed by atoms with van der Waals surface area (Å²) in [6, 6.07) is 0. The molecule has 2 aliphatic heterocycles. The number of ketones is 2. The predicted molar refractivity (Wildman–Crippen MR) is 107 cm³/mol. The van der Waals surface area contributed by atoms with Crippen molar-refractivity contribution in [1.29, 1.82) is 0 Å². The van der Waals surface area contributed by atoms with Crippen LogP contribution in [0.3, 0.4) is 0 Å².